The van der Waals surface area contributed by atoms with Crippen LogP contribution < -0.4 is 5.32 Å². The molecule has 2 atom stereocenters. The second-order valence-electron chi connectivity index (χ2n) is 6.55. The molecule has 6 heteroatoms. The Labute approximate surface area is 143 Å². The maximum atomic E-state index is 12.2. The minimum absolute atomic E-state index is 0.0891. The Morgan fingerprint density at radius 3 is 3.00 bits per heavy atom. The molecule has 1 amide bonds. The van der Waals surface area contributed by atoms with Crippen LogP contribution in [0.4, 0.5) is 0 Å². The van der Waals surface area contributed by atoms with Crippen LogP contribution in [0, 0.1) is 11.8 Å². The number of carbonyl (C=O) groups excluding carboxylic acids is 1. The number of thiazole rings is 1. The van der Waals surface area contributed by atoms with E-state index in [2.05, 4.69) is 22.6 Å². The van der Waals surface area contributed by atoms with Crippen LogP contribution in [0.15, 0.2) is 5.38 Å². The first-order valence-electron chi connectivity index (χ1n) is 8.49. The number of carbonyl (C=O) groups is 1. The van der Waals surface area contributed by atoms with Crippen molar-refractivity contribution in [3.63, 3.8) is 0 Å². The molecule has 0 aliphatic carbocycles. The second-order valence-corrected chi connectivity index (χ2v) is 7.49. The molecule has 0 unspecified atom stereocenters. The van der Waals surface area contributed by atoms with Crippen molar-refractivity contribution in [1.29, 1.82) is 0 Å². The van der Waals surface area contributed by atoms with Crippen molar-refractivity contribution in [1.82, 2.24) is 15.2 Å². The normalized spacial score (nSPS) is 21.9. The zero-order valence-corrected chi connectivity index (χ0v) is 15.5. The van der Waals surface area contributed by atoms with Crippen molar-refractivity contribution in [2.45, 2.75) is 52.8 Å². The molecule has 1 aromatic heterocycles. The van der Waals surface area contributed by atoms with Gasteiger partial charge in [0.2, 0.25) is 5.91 Å². The van der Waals surface area contributed by atoms with Crippen molar-refractivity contribution >= 4 is 17.2 Å². The molecular formula is C17H29N3O2S. The topological polar surface area (TPSA) is 54.5 Å². The molecule has 23 heavy (non-hydrogen) atoms. The maximum absolute atomic E-state index is 12.2. The molecule has 1 saturated heterocycles. The molecule has 130 valence electrons. The van der Waals surface area contributed by atoms with Gasteiger partial charge in [0.1, 0.15) is 5.01 Å². The van der Waals surface area contributed by atoms with Crippen LogP contribution in [0.2, 0.25) is 0 Å². The Kier molecular flexibility index (Phi) is 6.99. The molecule has 0 bridgehead atoms. The molecule has 2 heterocycles. The minimum atomic E-state index is 0.0891. The Morgan fingerprint density at radius 1 is 1.57 bits per heavy atom. The number of likely N-dealkylation sites (tertiary alicyclic amines) is 1. The van der Waals surface area contributed by atoms with Crippen LogP contribution in [0.1, 0.15) is 44.3 Å². The molecule has 2 rings (SSSR count). The van der Waals surface area contributed by atoms with E-state index in [-0.39, 0.29) is 11.8 Å². The monoisotopic (exact) mass is 339 g/mol. The SMILES string of the molecule is CC[C@@H]1CN(C(=O)C(C)C)CC[C@H]1NCc1csc(COC)n1. The number of ether oxygens (including phenoxy) is 1. The largest absolute Gasteiger partial charge is 0.378 e. The van der Waals surface area contributed by atoms with E-state index in [0.29, 0.717) is 18.6 Å². The van der Waals surface area contributed by atoms with E-state index < -0.39 is 0 Å². The molecule has 1 fully saturated rings. The summed E-state index contributed by atoms with van der Waals surface area (Å²) in [7, 11) is 1.69. The molecule has 1 aromatic rings. The smallest absolute Gasteiger partial charge is 0.225 e. The molecule has 5 nitrogen and oxygen atoms in total. The van der Waals surface area contributed by atoms with Gasteiger partial charge >= 0.3 is 0 Å². The van der Waals surface area contributed by atoms with Crippen molar-refractivity contribution in [3.8, 4) is 0 Å². The highest BCUT2D eigenvalue weighted by Crippen LogP contribution is 2.22. The molecule has 0 spiro atoms. The molecule has 1 aliphatic heterocycles. The number of hydrogen-bond donors (Lipinski definition) is 1. The quantitative estimate of drug-likeness (QED) is 0.830. The summed E-state index contributed by atoms with van der Waals surface area (Å²) in [6, 6.07) is 0.462. The Morgan fingerprint density at radius 2 is 2.35 bits per heavy atom. The predicted molar refractivity (Wildman–Crippen MR) is 93.3 cm³/mol. The molecule has 0 saturated carbocycles. The summed E-state index contributed by atoms with van der Waals surface area (Å²) in [6.07, 6.45) is 2.11. The first kappa shape index (κ1) is 18.4. The van der Waals surface area contributed by atoms with E-state index in [0.717, 1.165) is 43.2 Å². The van der Waals surface area contributed by atoms with Gasteiger partial charge in [-0.25, -0.2) is 4.98 Å². The van der Waals surface area contributed by atoms with E-state index in [1.54, 1.807) is 18.4 Å². The number of rotatable bonds is 7. The highest BCUT2D eigenvalue weighted by molar-refractivity contribution is 7.09. The molecule has 0 aromatic carbocycles. The zero-order valence-electron chi connectivity index (χ0n) is 14.7. The lowest BCUT2D eigenvalue weighted by atomic mass is 9.89. The standard InChI is InChI=1S/C17H29N3O2S/c1-5-13-9-20(17(21)12(2)3)7-6-15(13)18-8-14-11-23-16(19-14)10-22-4/h11-13,15,18H,5-10H2,1-4H3/t13-,15-/m1/s1. The van der Waals surface area contributed by atoms with E-state index in [9.17, 15) is 4.79 Å². The number of methoxy groups -OCH3 is 1. The Balaban J connectivity index is 1.86. The summed E-state index contributed by atoms with van der Waals surface area (Å²) >= 11 is 1.65. The van der Waals surface area contributed by atoms with Crippen LogP contribution in [-0.4, -0.2) is 42.0 Å². The number of hydrogen-bond acceptors (Lipinski definition) is 5. The first-order valence-corrected chi connectivity index (χ1v) is 9.37. The second kappa shape index (κ2) is 8.76. The number of piperidine rings is 1. The van der Waals surface area contributed by atoms with Crippen molar-refractivity contribution in [2.24, 2.45) is 11.8 Å². The van der Waals surface area contributed by atoms with E-state index in [1.807, 2.05) is 18.7 Å². The van der Waals surface area contributed by atoms with Crippen molar-refractivity contribution < 1.29 is 9.53 Å². The number of aromatic nitrogens is 1. The predicted octanol–water partition coefficient (Wildman–Crippen LogP) is 2.66. The summed E-state index contributed by atoms with van der Waals surface area (Å²) in [5.74, 6) is 0.889. The third-order valence-corrected chi connectivity index (χ3v) is 5.35. The van der Waals surface area contributed by atoms with Crippen molar-refractivity contribution in [2.75, 3.05) is 20.2 Å². The van der Waals surface area contributed by atoms with Gasteiger partial charge in [0.15, 0.2) is 0 Å². The fourth-order valence-corrected chi connectivity index (χ4v) is 3.90. The number of amides is 1. The van der Waals surface area contributed by atoms with Crippen LogP contribution in [0.5, 0.6) is 0 Å². The summed E-state index contributed by atoms with van der Waals surface area (Å²) in [5.41, 5.74) is 1.08. The van der Waals surface area contributed by atoms with Crippen LogP contribution in [-0.2, 0) is 22.7 Å². The zero-order chi connectivity index (χ0) is 16.8. The lowest BCUT2D eigenvalue weighted by Crippen LogP contribution is -2.51. The number of nitrogens with one attached hydrogen (secondary N) is 1. The van der Waals surface area contributed by atoms with Gasteiger partial charge in [-0.1, -0.05) is 27.2 Å². The summed E-state index contributed by atoms with van der Waals surface area (Å²) in [6.45, 7) is 9.27. The van der Waals surface area contributed by atoms with Crippen LogP contribution in [0.3, 0.4) is 0 Å². The van der Waals surface area contributed by atoms with Gasteiger partial charge in [-0.15, -0.1) is 11.3 Å². The van der Waals surface area contributed by atoms with Gasteiger partial charge in [0.05, 0.1) is 12.3 Å². The average Bonchev–Trinajstić information content (AvgIpc) is 3.00. The molecule has 0 radical (unpaired) electrons. The van der Waals surface area contributed by atoms with Crippen LogP contribution >= 0.6 is 11.3 Å². The van der Waals surface area contributed by atoms with E-state index >= 15 is 0 Å². The lowest BCUT2D eigenvalue weighted by Gasteiger charge is -2.39. The van der Waals surface area contributed by atoms with Gasteiger partial charge < -0.3 is 15.0 Å². The summed E-state index contributed by atoms with van der Waals surface area (Å²) in [5, 5.41) is 6.77. The van der Waals surface area contributed by atoms with Gasteiger partial charge in [-0.2, -0.15) is 0 Å². The van der Waals surface area contributed by atoms with Crippen molar-refractivity contribution in [3.05, 3.63) is 16.1 Å². The average molecular weight is 340 g/mol. The fourth-order valence-electron chi connectivity index (χ4n) is 3.14. The lowest BCUT2D eigenvalue weighted by molar-refractivity contribution is -0.136. The number of nitrogens with zero attached hydrogens (tertiary/aromatic N) is 2. The Bertz CT molecular complexity index is 504. The molecular weight excluding hydrogens is 310 g/mol. The Hall–Kier alpha value is -0.980. The van der Waals surface area contributed by atoms with Gasteiger partial charge in [-0.3, -0.25) is 4.79 Å². The minimum Gasteiger partial charge on any atom is -0.378 e. The third-order valence-electron chi connectivity index (χ3n) is 4.48. The molecule has 1 aliphatic rings. The van der Waals surface area contributed by atoms with Gasteiger partial charge in [-0.05, 0) is 12.3 Å². The highest BCUT2D eigenvalue weighted by Gasteiger charge is 2.30. The van der Waals surface area contributed by atoms with Gasteiger partial charge in [0.25, 0.3) is 0 Å². The van der Waals surface area contributed by atoms with Crippen LogP contribution in [0.25, 0.3) is 0 Å². The summed E-state index contributed by atoms with van der Waals surface area (Å²) < 4.78 is 5.11. The highest BCUT2D eigenvalue weighted by atomic mass is 32.1. The molecule has 1 N–H and O–H groups in total. The maximum Gasteiger partial charge on any atom is 0.225 e. The van der Waals surface area contributed by atoms with E-state index in [4.69, 9.17) is 4.74 Å². The third kappa shape index (κ3) is 4.99. The summed E-state index contributed by atoms with van der Waals surface area (Å²) in [4.78, 5) is 18.8. The van der Waals surface area contributed by atoms with E-state index in [1.165, 1.54) is 0 Å². The van der Waals surface area contributed by atoms with Gasteiger partial charge in [0, 0.05) is 44.1 Å². The first-order chi connectivity index (χ1) is 11.0. The fraction of sp³-hybridized carbons (Fsp3) is 0.765.